The van der Waals surface area contributed by atoms with Crippen LogP contribution < -0.4 is 5.32 Å². The Morgan fingerprint density at radius 2 is 2.11 bits per heavy atom. The van der Waals surface area contributed by atoms with Crippen molar-refractivity contribution in [1.29, 1.82) is 5.26 Å². The zero-order valence-electron chi connectivity index (χ0n) is 9.65. The van der Waals surface area contributed by atoms with Gasteiger partial charge in [-0.1, -0.05) is 28.1 Å². The number of nitrogens with one attached hydrogen (secondary N) is 1. The molecule has 0 fully saturated rings. The predicted octanol–water partition coefficient (Wildman–Crippen LogP) is 3.00. The second-order valence-corrected chi connectivity index (χ2v) is 5.10. The van der Waals surface area contributed by atoms with Gasteiger partial charge in [0.1, 0.15) is 17.5 Å². The fourth-order valence-electron chi connectivity index (χ4n) is 2.17. The van der Waals surface area contributed by atoms with Crippen LogP contribution in [0.1, 0.15) is 12.1 Å². The Labute approximate surface area is 113 Å². The molecular weight excluding hydrogens is 292 g/mol. The number of rotatable bonds is 1. The van der Waals surface area contributed by atoms with Crippen molar-refractivity contribution in [2.24, 2.45) is 0 Å². The maximum absolute atomic E-state index is 9.33. The van der Waals surface area contributed by atoms with Crippen molar-refractivity contribution in [2.45, 2.75) is 13.0 Å². The lowest BCUT2D eigenvalue weighted by molar-refractivity contribution is 0.622. The summed E-state index contributed by atoms with van der Waals surface area (Å²) in [5.41, 5.74) is 2.37. The van der Waals surface area contributed by atoms with Crippen molar-refractivity contribution in [3.05, 3.63) is 34.4 Å². The Morgan fingerprint density at radius 1 is 1.33 bits per heavy atom. The topological polar surface area (TPSA) is 53.6 Å². The SMILES string of the molecule is N#Cc1c(-c2ccc(Br)cc2)nc2n1CCCN2. The summed E-state index contributed by atoms with van der Waals surface area (Å²) in [4.78, 5) is 4.54. The molecular formula is C13H11BrN4. The zero-order valence-corrected chi connectivity index (χ0v) is 11.2. The van der Waals surface area contributed by atoms with Crippen LogP contribution in [0.25, 0.3) is 11.3 Å². The summed E-state index contributed by atoms with van der Waals surface area (Å²) in [6, 6.07) is 10.1. The molecule has 0 spiro atoms. The molecule has 5 heteroatoms. The summed E-state index contributed by atoms with van der Waals surface area (Å²) >= 11 is 3.41. The Kier molecular flexibility index (Phi) is 2.80. The normalized spacial score (nSPS) is 13.6. The minimum atomic E-state index is 0.638. The first kappa shape index (κ1) is 11.3. The third-order valence-corrected chi connectivity index (χ3v) is 3.56. The first-order valence-corrected chi connectivity index (χ1v) is 6.59. The maximum Gasteiger partial charge on any atom is 0.204 e. The molecule has 1 N–H and O–H groups in total. The molecule has 2 heterocycles. The fraction of sp³-hybridized carbons (Fsp3) is 0.231. The molecule has 2 aromatic rings. The lowest BCUT2D eigenvalue weighted by Crippen LogP contribution is -2.18. The smallest absolute Gasteiger partial charge is 0.204 e. The number of imidazole rings is 1. The molecule has 18 heavy (non-hydrogen) atoms. The van der Waals surface area contributed by atoms with Crippen molar-refractivity contribution < 1.29 is 0 Å². The van der Waals surface area contributed by atoms with Crippen molar-refractivity contribution >= 4 is 21.9 Å². The average molecular weight is 303 g/mol. The molecule has 1 aliphatic heterocycles. The van der Waals surface area contributed by atoms with Crippen molar-refractivity contribution in [2.75, 3.05) is 11.9 Å². The number of halogens is 1. The Morgan fingerprint density at radius 3 is 2.83 bits per heavy atom. The molecule has 3 rings (SSSR count). The second-order valence-electron chi connectivity index (χ2n) is 4.18. The standard InChI is InChI=1S/C13H11BrN4/c14-10-4-2-9(3-5-10)12-11(8-15)18-7-1-6-16-13(18)17-12/h2-5H,1,6-7H2,(H,16,17). The van der Waals surface area contributed by atoms with Gasteiger partial charge in [-0.15, -0.1) is 0 Å². The summed E-state index contributed by atoms with van der Waals surface area (Å²) in [5.74, 6) is 0.802. The van der Waals surface area contributed by atoms with E-state index < -0.39 is 0 Å². The number of nitrogens with zero attached hydrogens (tertiary/aromatic N) is 3. The van der Waals surface area contributed by atoms with E-state index in [4.69, 9.17) is 0 Å². The summed E-state index contributed by atoms with van der Waals surface area (Å²) in [5, 5.41) is 12.6. The highest BCUT2D eigenvalue weighted by atomic mass is 79.9. The van der Waals surface area contributed by atoms with Gasteiger partial charge in [0, 0.05) is 23.1 Å². The van der Waals surface area contributed by atoms with E-state index in [1.807, 2.05) is 28.8 Å². The first-order valence-electron chi connectivity index (χ1n) is 5.80. The molecule has 4 nitrogen and oxygen atoms in total. The summed E-state index contributed by atoms with van der Waals surface area (Å²) in [6.45, 7) is 1.77. The molecule has 0 saturated carbocycles. The Bertz CT molecular complexity index is 622. The van der Waals surface area contributed by atoms with Gasteiger partial charge in [0.25, 0.3) is 0 Å². The van der Waals surface area contributed by atoms with Crippen LogP contribution >= 0.6 is 15.9 Å². The van der Waals surface area contributed by atoms with Gasteiger partial charge in [-0.05, 0) is 18.6 Å². The quantitative estimate of drug-likeness (QED) is 0.881. The second kappa shape index (κ2) is 4.46. The fourth-order valence-corrected chi connectivity index (χ4v) is 2.43. The Balaban J connectivity index is 2.15. The average Bonchev–Trinajstić information content (AvgIpc) is 2.78. The molecule has 0 unspecified atom stereocenters. The zero-order chi connectivity index (χ0) is 12.5. The van der Waals surface area contributed by atoms with E-state index in [9.17, 15) is 5.26 Å². The van der Waals surface area contributed by atoms with E-state index in [1.54, 1.807) is 0 Å². The first-order chi connectivity index (χ1) is 8.79. The highest BCUT2D eigenvalue weighted by molar-refractivity contribution is 9.10. The Hall–Kier alpha value is -1.80. The van der Waals surface area contributed by atoms with Crippen LogP contribution in [0.2, 0.25) is 0 Å². The van der Waals surface area contributed by atoms with Gasteiger partial charge >= 0.3 is 0 Å². The largest absolute Gasteiger partial charge is 0.356 e. The van der Waals surface area contributed by atoms with Crippen LogP contribution in [-0.4, -0.2) is 16.1 Å². The van der Waals surface area contributed by atoms with Crippen LogP contribution in [-0.2, 0) is 6.54 Å². The highest BCUT2D eigenvalue weighted by Gasteiger charge is 2.20. The van der Waals surface area contributed by atoms with Gasteiger partial charge in [-0.3, -0.25) is 0 Å². The van der Waals surface area contributed by atoms with Crippen molar-refractivity contribution in [3.8, 4) is 17.3 Å². The molecule has 0 radical (unpaired) electrons. The maximum atomic E-state index is 9.33. The number of anilines is 1. The molecule has 0 bridgehead atoms. The van der Waals surface area contributed by atoms with Crippen LogP contribution in [0.3, 0.4) is 0 Å². The van der Waals surface area contributed by atoms with E-state index in [-0.39, 0.29) is 0 Å². The van der Waals surface area contributed by atoms with Crippen LogP contribution in [0.4, 0.5) is 5.95 Å². The predicted molar refractivity (Wildman–Crippen MR) is 73.2 cm³/mol. The van der Waals surface area contributed by atoms with Gasteiger partial charge in [0.05, 0.1) is 0 Å². The lowest BCUT2D eigenvalue weighted by atomic mass is 10.1. The van der Waals surface area contributed by atoms with Crippen LogP contribution in [0, 0.1) is 11.3 Å². The van der Waals surface area contributed by atoms with Crippen LogP contribution in [0.15, 0.2) is 28.7 Å². The van der Waals surface area contributed by atoms with Gasteiger partial charge in [-0.25, -0.2) is 4.98 Å². The monoisotopic (exact) mass is 302 g/mol. The molecule has 0 aliphatic carbocycles. The van der Waals surface area contributed by atoms with E-state index in [2.05, 4.69) is 32.3 Å². The van der Waals surface area contributed by atoms with Crippen molar-refractivity contribution in [3.63, 3.8) is 0 Å². The summed E-state index contributed by atoms with van der Waals surface area (Å²) < 4.78 is 2.98. The van der Waals surface area contributed by atoms with Gasteiger partial charge in [0.15, 0.2) is 0 Å². The van der Waals surface area contributed by atoms with E-state index in [1.165, 1.54) is 0 Å². The number of benzene rings is 1. The third-order valence-electron chi connectivity index (χ3n) is 3.03. The molecule has 1 aromatic carbocycles. The number of fused-ring (bicyclic) bond motifs is 1. The molecule has 1 aromatic heterocycles. The number of hydrogen-bond acceptors (Lipinski definition) is 3. The van der Waals surface area contributed by atoms with E-state index >= 15 is 0 Å². The van der Waals surface area contributed by atoms with Gasteiger partial charge in [-0.2, -0.15) is 5.26 Å². The summed E-state index contributed by atoms with van der Waals surface area (Å²) in [6.07, 6.45) is 1.03. The number of nitriles is 1. The molecule has 0 saturated heterocycles. The van der Waals surface area contributed by atoms with Gasteiger partial charge in [0.2, 0.25) is 5.95 Å². The van der Waals surface area contributed by atoms with Crippen molar-refractivity contribution in [1.82, 2.24) is 9.55 Å². The third kappa shape index (κ3) is 1.79. The lowest BCUT2D eigenvalue weighted by Gasteiger charge is -2.15. The molecule has 0 amide bonds. The highest BCUT2D eigenvalue weighted by Crippen LogP contribution is 2.28. The molecule has 1 aliphatic rings. The van der Waals surface area contributed by atoms with E-state index in [0.29, 0.717) is 5.69 Å². The molecule has 0 atom stereocenters. The molecule has 90 valence electrons. The van der Waals surface area contributed by atoms with Gasteiger partial charge < -0.3 is 9.88 Å². The minimum absolute atomic E-state index is 0.638. The number of hydrogen-bond donors (Lipinski definition) is 1. The van der Waals surface area contributed by atoms with Crippen LogP contribution in [0.5, 0.6) is 0 Å². The minimum Gasteiger partial charge on any atom is -0.356 e. The number of aromatic nitrogens is 2. The van der Waals surface area contributed by atoms with E-state index in [0.717, 1.165) is 41.2 Å². The summed E-state index contributed by atoms with van der Waals surface area (Å²) in [7, 11) is 0.